The molecule has 0 saturated carbocycles. The first kappa shape index (κ1) is 24.9. The number of esters is 2. The van der Waals surface area contributed by atoms with Crippen LogP contribution in [0.25, 0.3) is 0 Å². The summed E-state index contributed by atoms with van der Waals surface area (Å²) in [4.78, 5) is 29.5. The van der Waals surface area contributed by atoms with E-state index in [1.807, 2.05) is 32.9 Å². The number of hydrogen-bond donors (Lipinski definition) is 2. The number of rotatable bonds is 7. The number of carbonyl (C=O) groups excluding carboxylic acids is 2. The van der Waals surface area contributed by atoms with E-state index in [2.05, 4.69) is 13.0 Å². The van der Waals surface area contributed by atoms with Gasteiger partial charge in [0.15, 0.2) is 0 Å². The van der Waals surface area contributed by atoms with Crippen LogP contribution in [0.15, 0.2) is 23.8 Å². The van der Waals surface area contributed by atoms with Crippen LogP contribution in [0, 0.1) is 23.2 Å². The highest BCUT2D eigenvalue weighted by Gasteiger charge is 2.47. The van der Waals surface area contributed by atoms with E-state index in [0.29, 0.717) is 25.7 Å². The number of aliphatic hydroxyl groups is 1. The molecule has 3 aliphatic rings. The van der Waals surface area contributed by atoms with Crippen LogP contribution in [0.1, 0.15) is 73.1 Å². The molecule has 7 atom stereocenters. The second kappa shape index (κ2) is 9.65. The van der Waals surface area contributed by atoms with Crippen LogP contribution in [-0.4, -0.2) is 46.2 Å². The SMILES string of the molecule is CCC(C)(C)C(=O)O[C@H]1C[C@@](C)(OO)C=C2C=C[C@H](C)[C@H](CC[C@@H]3C[C@@H](O)CC(=O)O3)[C@H]21. The zero-order chi connectivity index (χ0) is 23.7. The molecule has 0 amide bonds. The molecule has 7 heteroatoms. The minimum absolute atomic E-state index is 0.0425. The Bertz CT molecular complexity index is 770. The summed E-state index contributed by atoms with van der Waals surface area (Å²) in [6.07, 6.45) is 7.64. The van der Waals surface area contributed by atoms with Gasteiger partial charge in [-0.05, 0) is 63.5 Å². The molecule has 0 radical (unpaired) electrons. The number of cyclic esters (lactones) is 1. The Kier molecular flexibility index (Phi) is 7.52. The summed E-state index contributed by atoms with van der Waals surface area (Å²) in [6, 6.07) is 0. The van der Waals surface area contributed by atoms with Gasteiger partial charge in [-0.2, -0.15) is 0 Å². The van der Waals surface area contributed by atoms with E-state index >= 15 is 0 Å². The fourth-order valence-electron chi connectivity index (χ4n) is 5.14. The average Bonchev–Trinajstić information content (AvgIpc) is 2.72. The largest absolute Gasteiger partial charge is 0.462 e. The molecule has 180 valence electrons. The van der Waals surface area contributed by atoms with E-state index in [-0.39, 0.29) is 42.2 Å². The van der Waals surface area contributed by atoms with Crippen molar-refractivity contribution in [2.24, 2.45) is 23.2 Å². The molecule has 0 spiro atoms. The third-order valence-electron chi connectivity index (χ3n) is 7.55. The number of allylic oxidation sites excluding steroid dienone is 2. The number of carbonyl (C=O) groups is 2. The Morgan fingerprint density at radius 3 is 2.69 bits per heavy atom. The first-order valence-electron chi connectivity index (χ1n) is 11.8. The van der Waals surface area contributed by atoms with Crippen molar-refractivity contribution in [3.63, 3.8) is 0 Å². The second-order valence-corrected chi connectivity index (χ2v) is 10.6. The third-order valence-corrected chi connectivity index (χ3v) is 7.55. The van der Waals surface area contributed by atoms with Crippen LogP contribution in [0.5, 0.6) is 0 Å². The first-order chi connectivity index (χ1) is 15.0. The Morgan fingerprint density at radius 1 is 1.34 bits per heavy atom. The Morgan fingerprint density at radius 2 is 2.06 bits per heavy atom. The van der Waals surface area contributed by atoms with Crippen LogP contribution >= 0.6 is 0 Å². The first-order valence-corrected chi connectivity index (χ1v) is 11.8. The van der Waals surface area contributed by atoms with Gasteiger partial charge in [0.1, 0.15) is 17.8 Å². The molecule has 0 aromatic rings. The lowest BCUT2D eigenvalue weighted by Gasteiger charge is -2.46. The van der Waals surface area contributed by atoms with Crippen molar-refractivity contribution in [3.05, 3.63) is 23.8 Å². The van der Waals surface area contributed by atoms with Gasteiger partial charge in [-0.1, -0.05) is 26.0 Å². The maximum absolute atomic E-state index is 13.0. The predicted octanol–water partition coefficient (Wildman–Crippen LogP) is 4.20. The zero-order valence-corrected chi connectivity index (χ0v) is 19.9. The third kappa shape index (κ3) is 5.43. The lowest BCUT2D eigenvalue weighted by molar-refractivity contribution is -0.311. The Labute approximate surface area is 190 Å². The van der Waals surface area contributed by atoms with Crippen molar-refractivity contribution in [1.29, 1.82) is 0 Å². The van der Waals surface area contributed by atoms with E-state index in [9.17, 15) is 20.0 Å². The number of hydrogen-bond acceptors (Lipinski definition) is 7. The van der Waals surface area contributed by atoms with Gasteiger partial charge in [-0.3, -0.25) is 14.8 Å². The molecule has 0 bridgehead atoms. The van der Waals surface area contributed by atoms with E-state index in [1.165, 1.54) is 0 Å². The molecule has 1 saturated heterocycles. The van der Waals surface area contributed by atoms with Crippen molar-refractivity contribution < 1.29 is 34.3 Å². The number of aliphatic hydroxyl groups excluding tert-OH is 1. The molecular formula is C25H38O7. The lowest BCUT2D eigenvalue weighted by atomic mass is 9.64. The molecule has 7 nitrogen and oxygen atoms in total. The maximum atomic E-state index is 13.0. The van der Waals surface area contributed by atoms with Gasteiger partial charge in [-0.25, -0.2) is 4.89 Å². The topological polar surface area (TPSA) is 102 Å². The van der Waals surface area contributed by atoms with Crippen LogP contribution < -0.4 is 0 Å². The highest BCUT2D eigenvalue weighted by Crippen LogP contribution is 2.47. The van der Waals surface area contributed by atoms with Crippen LogP contribution in [0.2, 0.25) is 0 Å². The van der Waals surface area contributed by atoms with E-state index in [1.54, 1.807) is 6.92 Å². The normalized spacial score (nSPS) is 37.3. The van der Waals surface area contributed by atoms with E-state index in [0.717, 1.165) is 12.0 Å². The summed E-state index contributed by atoms with van der Waals surface area (Å²) in [7, 11) is 0. The summed E-state index contributed by atoms with van der Waals surface area (Å²) in [5.41, 5.74) is -0.551. The summed E-state index contributed by atoms with van der Waals surface area (Å²) in [5.74, 6) is -0.250. The highest BCUT2D eigenvalue weighted by molar-refractivity contribution is 5.76. The fourth-order valence-corrected chi connectivity index (χ4v) is 5.14. The quantitative estimate of drug-likeness (QED) is 0.340. The zero-order valence-electron chi connectivity index (χ0n) is 19.9. The average molecular weight is 451 g/mol. The molecular weight excluding hydrogens is 412 g/mol. The van der Waals surface area contributed by atoms with Gasteiger partial charge < -0.3 is 14.6 Å². The number of fused-ring (bicyclic) bond motifs is 1. The molecule has 1 heterocycles. The van der Waals surface area contributed by atoms with Crippen LogP contribution in [0.4, 0.5) is 0 Å². The van der Waals surface area contributed by atoms with Crippen molar-refractivity contribution in [2.45, 2.75) is 97.1 Å². The summed E-state index contributed by atoms with van der Waals surface area (Å²) in [5, 5.41) is 19.5. The standard InChI is InChI=1S/C25H38O7/c1-6-24(3,4)23(28)31-20-14-25(5,32-29)13-16-8-7-15(2)19(22(16)20)10-9-18-11-17(26)12-21(27)30-18/h7-8,13,15,17-20,22,26,29H,6,9-12,14H2,1-5H3/t15-,17+,18+,19-,20-,22-,25-/m0/s1. The Balaban J connectivity index is 1.84. The molecule has 0 aromatic heterocycles. The van der Waals surface area contributed by atoms with Crippen LogP contribution in [-0.2, 0) is 24.0 Å². The van der Waals surface area contributed by atoms with E-state index < -0.39 is 23.2 Å². The molecule has 0 aromatic carbocycles. The predicted molar refractivity (Wildman–Crippen MR) is 118 cm³/mol. The molecule has 3 rings (SSSR count). The van der Waals surface area contributed by atoms with Gasteiger partial charge in [-0.15, -0.1) is 0 Å². The minimum Gasteiger partial charge on any atom is -0.462 e. The molecule has 0 unspecified atom stereocenters. The molecule has 32 heavy (non-hydrogen) atoms. The summed E-state index contributed by atoms with van der Waals surface area (Å²) >= 11 is 0. The highest BCUT2D eigenvalue weighted by atomic mass is 17.1. The smallest absolute Gasteiger partial charge is 0.311 e. The van der Waals surface area contributed by atoms with Gasteiger partial charge in [0.05, 0.1) is 17.9 Å². The van der Waals surface area contributed by atoms with Crippen molar-refractivity contribution in [2.75, 3.05) is 0 Å². The van der Waals surface area contributed by atoms with Crippen molar-refractivity contribution in [1.82, 2.24) is 0 Å². The van der Waals surface area contributed by atoms with Gasteiger partial charge in [0.25, 0.3) is 0 Å². The fraction of sp³-hybridized carbons (Fsp3) is 0.760. The Hall–Kier alpha value is -1.70. The van der Waals surface area contributed by atoms with Crippen LogP contribution in [0.3, 0.4) is 0 Å². The van der Waals surface area contributed by atoms with E-state index in [4.69, 9.17) is 14.4 Å². The van der Waals surface area contributed by atoms with Gasteiger partial charge in [0.2, 0.25) is 0 Å². The van der Waals surface area contributed by atoms with Crippen molar-refractivity contribution in [3.8, 4) is 0 Å². The maximum Gasteiger partial charge on any atom is 0.311 e. The monoisotopic (exact) mass is 450 g/mol. The van der Waals surface area contributed by atoms with Gasteiger partial charge >= 0.3 is 11.9 Å². The summed E-state index contributed by atoms with van der Waals surface area (Å²) in [6.45, 7) is 9.64. The lowest BCUT2D eigenvalue weighted by Crippen LogP contribution is -2.48. The molecule has 2 aliphatic carbocycles. The summed E-state index contributed by atoms with van der Waals surface area (Å²) < 4.78 is 11.5. The molecule has 1 fully saturated rings. The second-order valence-electron chi connectivity index (χ2n) is 10.6. The molecule has 1 aliphatic heterocycles. The number of ether oxygens (including phenoxy) is 2. The molecule has 2 N–H and O–H groups in total. The van der Waals surface area contributed by atoms with Crippen molar-refractivity contribution >= 4 is 11.9 Å². The van der Waals surface area contributed by atoms with Gasteiger partial charge in [0, 0.05) is 18.8 Å². The minimum atomic E-state index is -0.939.